The van der Waals surface area contributed by atoms with Crippen LogP contribution >= 0.6 is 11.3 Å². The van der Waals surface area contributed by atoms with Crippen molar-refractivity contribution in [3.05, 3.63) is 16.1 Å². The minimum atomic E-state index is -1.10. The summed E-state index contributed by atoms with van der Waals surface area (Å²) >= 11 is 1.07. The van der Waals surface area contributed by atoms with E-state index in [2.05, 4.69) is 24.1 Å². The molecule has 0 radical (unpaired) electrons. The summed E-state index contributed by atoms with van der Waals surface area (Å²) in [5, 5.41) is 13.4. The maximum Gasteiger partial charge on any atom is 0.355 e. The summed E-state index contributed by atoms with van der Waals surface area (Å²) in [5.74, 6) is -1.37. The molecule has 1 heterocycles. The molecule has 1 aliphatic rings. The van der Waals surface area contributed by atoms with Crippen molar-refractivity contribution in [1.82, 2.24) is 10.3 Å². The first-order valence-electron chi connectivity index (χ1n) is 6.40. The van der Waals surface area contributed by atoms with Gasteiger partial charge in [-0.15, -0.1) is 11.3 Å². The summed E-state index contributed by atoms with van der Waals surface area (Å²) in [6.07, 6.45) is 4.37. The smallest absolute Gasteiger partial charge is 0.355 e. The Morgan fingerprint density at radius 3 is 2.79 bits per heavy atom. The normalized spacial score (nSPS) is 21.9. The molecule has 0 bridgehead atoms. The van der Waals surface area contributed by atoms with Crippen molar-refractivity contribution in [2.45, 2.75) is 45.6 Å². The van der Waals surface area contributed by atoms with Gasteiger partial charge in [-0.2, -0.15) is 0 Å². The molecule has 0 spiro atoms. The topological polar surface area (TPSA) is 79.3 Å². The number of hydrogen-bond donors (Lipinski definition) is 2. The lowest BCUT2D eigenvalue weighted by Crippen LogP contribution is -2.46. The largest absolute Gasteiger partial charge is 0.476 e. The monoisotopic (exact) mass is 282 g/mol. The molecule has 1 unspecified atom stereocenters. The van der Waals surface area contributed by atoms with E-state index in [0.717, 1.165) is 30.6 Å². The predicted molar refractivity (Wildman–Crippen MR) is 72.6 cm³/mol. The number of amides is 1. The first kappa shape index (κ1) is 14.0. The summed E-state index contributed by atoms with van der Waals surface area (Å²) in [5.41, 5.74) is 0.0129. The Labute approximate surface area is 116 Å². The van der Waals surface area contributed by atoms with Gasteiger partial charge >= 0.3 is 5.97 Å². The van der Waals surface area contributed by atoms with Crippen LogP contribution in [-0.4, -0.2) is 28.0 Å². The summed E-state index contributed by atoms with van der Waals surface area (Å²) in [7, 11) is 0. The van der Waals surface area contributed by atoms with Crippen LogP contribution in [0.5, 0.6) is 0 Å². The molecule has 0 saturated heterocycles. The SMILES string of the molecule is CC1(C)CCCCC1NC(=O)c1nc(C(=O)O)cs1. The van der Waals surface area contributed by atoms with E-state index < -0.39 is 5.97 Å². The first-order valence-corrected chi connectivity index (χ1v) is 7.28. The van der Waals surface area contributed by atoms with Crippen LogP contribution in [0.4, 0.5) is 0 Å². The van der Waals surface area contributed by atoms with Crippen LogP contribution in [0.2, 0.25) is 0 Å². The fraction of sp³-hybridized carbons (Fsp3) is 0.615. The number of aromatic nitrogens is 1. The zero-order valence-electron chi connectivity index (χ0n) is 11.1. The lowest BCUT2D eigenvalue weighted by atomic mass is 9.73. The molecule has 5 nitrogen and oxygen atoms in total. The van der Waals surface area contributed by atoms with Crippen molar-refractivity contribution in [3.8, 4) is 0 Å². The number of carbonyl (C=O) groups is 2. The Morgan fingerprint density at radius 2 is 2.21 bits per heavy atom. The molecular weight excluding hydrogens is 264 g/mol. The first-order chi connectivity index (χ1) is 8.90. The van der Waals surface area contributed by atoms with Crippen molar-refractivity contribution >= 4 is 23.2 Å². The van der Waals surface area contributed by atoms with Gasteiger partial charge in [-0.3, -0.25) is 4.79 Å². The molecule has 0 aromatic carbocycles. The van der Waals surface area contributed by atoms with Gasteiger partial charge in [0.2, 0.25) is 0 Å². The number of nitrogens with one attached hydrogen (secondary N) is 1. The molecule has 1 atom stereocenters. The number of carbonyl (C=O) groups excluding carboxylic acids is 1. The molecule has 1 fully saturated rings. The molecule has 1 saturated carbocycles. The third kappa shape index (κ3) is 3.12. The fourth-order valence-electron chi connectivity index (χ4n) is 2.46. The van der Waals surface area contributed by atoms with Crippen molar-refractivity contribution in [2.75, 3.05) is 0 Å². The molecular formula is C13H18N2O3S. The number of carboxylic acids is 1. The number of carboxylic acid groups (broad SMARTS) is 1. The van der Waals surface area contributed by atoms with Crippen LogP contribution in [0.25, 0.3) is 0 Å². The van der Waals surface area contributed by atoms with Gasteiger partial charge in [-0.25, -0.2) is 9.78 Å². The Morgan fingerprint density at radius 1 is 1.47 bits per heavy atom. The van der Waals surface area contributed by atoms with E-state index in [1.807, 2.05) is 0 Å². The van der Waals surface area contributed by atoms with E-state index in [-0.39, 0.29) is 28.1 Å². The second kappa shape index (κ2) is 5.28. The maximum atomic E-state index is 12.1. The van der Waals surface area contributed by atoms with Gasteiger partial charge in [-0.05, 0) is 18.3 Å². The highest BCUT2D eigenvalue weighted by atomic mass is 32.1. The number of rotatable bonds is 3. The molecule has 1 aromatic rings. The van der Waals surface area contributed by atoms with Gasteiger partial charge in [0.05, 0.1) is 0 Å². The minimum Gasteiger partial charge on any atom is -0.476 e. The predicted octanol–water partition coefficient (Wildman–Crippen LogP) is 2.54. The fourth-order valence-corrected chi connectivity index (χ4v) is 3.15. The lowest BCUT2D eigenvalue weighted by Gasteiger charge is -2.38. The highest BCUT2D eigenvalue weighted by molar-refractivity contribution is 7.11. The summed E-state index contributed by atoms with van der Waals surface area (Å²) in [4.78, 5) is 26.7. The Kier molecular flexibility index (Phi) is 3.89. The van der Waals surface area contributed by atoms with Gasteiger partial charge in [0.1, 0.15) is 0 Å². The number of hydrogen-bond acceptors (Lipinski definition) is 4. The lowest BCUT2D eigenvalue weighted by molar-refractivity contribution is 0.0691. The Balaban J connectivity index is 2.05. The average Bonchev–Trinajstić information content (AvgIpc) is 2.81. The highest BCUT2D eigenvalue weighted by Crippen LogP contribution is 2.35. The van der Waals surface area contributed by atoms with E-state index in [1.165, 1.54) is 11.8 Å². The maximum absolute atomic E-state index is 12.1. The van der Waals surface area contributed by atoms with E-state index in [9.17, 15) is 9.59 Å². The van der Waals surface area contributed by atoms with Crippen molar-refractivity contribution in [3.63, 3.8) is 0 Å². The standard InChI is InChI=1S/C13H18N2O3S/c1-13(2)6-4-3-5-9(13)15-10(16)11-14-8(7-19-11)12(17)18/h7,9H,3-6H2,1-2H3,(H,15,16)(H,17,18). The van der Waals surface area contributed by atoms with E-state index in [4.69, 9.17) is 5.11 Å². The quantitative estimate of drug-likeness (QED) is 0.893. The zero-order chi connectivity index (χ0) is 14.0. The van der Waals surface area contributed by atoms with Gasteiger partial charge < -0.3 is 10.4 Å². The van der Waals surface area contributed by atoms with Crippen LogP contribution in [0.15, 0.2) is 5.38 Å². The third-order valence-electron chi connectivity index (χ3n) is 3.73. The molecule has 2 rings (SSSR count). The second-order valence-corrected chi connectivity index (χ2v) is 6.46. The van der Waals surface area contributed by atoms with Crippen molar-refractivity contribution in [1.29, 1.82) is 0 Å². The molecule has 2 N–H and O–H groups in total. The highest BCUT2D eigenvalue weighted by Gasteiger charge is 2.33. The third-order valence-corrected chi connectivity index (χ3v) is 4.57. The van der Waals surface area contributed by atoms with Crippen LogP contribution in [0.3, 0.4) is 0 Å². The van der Waals surface area contributed by atoms with Crippen LogP contribution in [0, 0.1) is 5.41 Å². The van der Waals surface area contributed by atoms with Crippen LogP contribution < -0.4 is 5.32 Å². The van der Waals surface area contributed by atoms with Gasteiger partial charge in [0.15, 0.2) is 10.7 Å². The summed E-state index contributed by atoms with van der Waals surface area (Å²) < 4.78 is 0. The number of nitrogens with zero attached hydrogens (tertiary/aromatic N) is 1. The van der Waals surface area contributed by atoms with Gasteiger partial charge in [0, 0.05) is 11.4 Å². The number of aromatic carboxylic acids is 1. The van der Waals surface area contributed by atoms with Gasteiger partial charge in [0.25, 0.3) is 5.91 Å². The Hall–Kier alpha value is -1.43. The van der Waals surface area contributed by atoms with E-state index in [0.29, 0.717) is 0 Å². The molecule has 0 aliphatic heterocycles. The van der Waals surface area contributed by atoms with Crippen molar-refractivity contribution < 1.29 is 14.7 Å². The Bertz CT molecular complexity index is 496. The minimum absolute atomic E-state index is 0.0712. The molecule has 6 heteroatoms. The average molecular weight is 282 g/mol. The molecule has 1 amide bonds. The van der Waals surface area contributed by atoms with Crippen LogP contribution in [0.1, 0.15) is 59.8 Å². The zero-order valence-corrected chi connectivity index (χ0v) is 11.9. The summed E-state index contributed by atoms with van der Waals surface area (Å²) in [6, 6.07) is 0.130. The second-order valence-electron chi connectivity index (χ2n) is 5.60. The van der Waals surface area contributed by atoms with E-state index >= 15 is 0 Å². The van der Waals surface area contributed by atoms with E-state index in [1.54, 1.807) is 0 Å². The molecule has 1 aliphatic carbocycles. The molecule has 1 aromatic heterocycles. The van der Waals surface area contributed by atoms with Gasteiger partial charge in [-0.1, -0.05) is 26.7 Å². The summed E-state index contributed by atoms with van der Waals surface area (Å²) in [6.45, 7) is 4.31. The molecule has 104 valence electrons. The van der Waals surface area contributed by atoms with Crippen molar-refractivity contribution in [2.24, 2.45) is 5.41 Å². The number of thiazole rings is 1. The van der Waals surface area contributed by atoms with Crippen LogP contribution in [-0.2, 0) is 0 Å². The molecule has 19 heavy (non-hydrogen) atoms.